The zero-order valence-corrected chi connectivity index (χ0v) is 11.5. The normalized spacial score (nSPS) is 15.4. The summed E-state index contributed by atoms with van der Waals surface area (Å²) in [5.41, 5.74) is 2.54. The van der Waals surface area contributed by atoms with Gasteiger partial charge in [-0.25, -0.2) is 9.97 Å². The van der Waals surface area contributed by atoms with Crippen LogP contribution in [-0.4, -0.2) is 9.97 Å². The summed E-state index contributed by atoms with van der Waals surface area (Å²) in [5.74, 6) is 1.02. The Morgan fingerprint density at radius 1 is 1.28 bits per heavy atom. The van der Waals surface area contributed by atoms with E-state index in [0.29, 0.717) is 6.04 Å². The minimum absolute atomic E-state index is 0.309. The maximum Gasteiger partial charge on any atom is 0.133 e. The summed E-state index contributed by atoms with van der Waals surface area (Å²) >= 11 is 1.84. The lowest BCUT2D eigenvalue weighted by Gasteiger charge is -2.15. The average molecular weight is 259 g/mol. The van der Waals surface area contributed by atoms with Gasteiger partial charge in [-0.05, 0) is 45.2 Å². The molecule has 18 heavy (non-hydrogen) atoms. The van der Waals surface area contributed by atoms with Gasteiger partial charge >= 0.3 is 0 Å². The molecular formula is C14H17N3S. The highest BCUT2D eigenvalue weighted by atomic mass is 32.1. The molecule has 2 heterocycles. The molecule has 0 aliphatic heterocycles. The number of aryl methyl sites for hydroxylation is 2. The van der Waals surface area contributed by atoms with Crippen LogP contribution in [-0.2, 0) is 12.8 Å². The van der Waals surface area contributed by atoms with Crippen molar-refractivity contribution in [2.24, 2.45) is 0 Å². The van der Waals surface area contributed by atoms with Gasteiger partial charge < -0.3 is 5.32 Å². The fourth-order valence-electron chi connectivity index (χ4n) is 2.45. The first-order valence-corrected chi connectivity index (χ1v) is 7.21. The number of anilines is 1. The smallest absolute Gasteiger partial charge is 0.133 e. The molecule has 1 atom stereocenters. The van der Waals surface area contributed by atoms with Gasteiger partial charge in [-0.3, -0.25) is 0 Å². The van der Waals surface area contributed by atoms with Gasteiger partial charge in [0.25, 0.3) is 0 Å². The van der Waals surface area contributed by atoms with E-state index in [4.69, 9.17) is 0 Å². The van der Waals surface area contributed by atoms with Crippen LogP contribution < -0.4 is 5.32 Å². The van der Waals surface area contributed by atoms with Crippen molar-refractivity contribution in [2.45, 2.75) is 39.2 Å². The van der Waals surface area contributed by atoms with Crippen LogP contribution >= 0.6 is 11.3 Å². The van der Waals surface area contributed by atoms with Crippen molar-refractivity contribution in [2.75, 3.05) is 5.32 Å². The Labute approximate surface area is 111 Å². The van der Waals surface area contributed by atoms with Crippen molar-refractivity contribution in [3.05, 3.63) is 39.5 Å². The van der Waals surface area contributed by atoms with Crippen LogP contribution in [0.4, 0.5) is 5.82 Å². The second-order valence-corrected chi connectivity index (χ2v) is 6.13. The molecule has 0 amide bonds. The monoisotopic (exact) mass is 259 g/mol. The van der Waals surface area contributed by atoms with Crippen LogP contribution in [0.2, 0.25) is 0 Å². The number of thiophene rings is 1. The molecule has 0 fully saturated rings. The molecule has 0 bridgehead atoms. The standard InChI is InChI=1S/C14H17N3S/c1-9-6-7-13(18-9)10(2)17-14-11-4-3-5-12(11)15-8-16-14/h6-8,10H,3-5H2,1-2H3,(H,15,16,17). The molecule has 1 aliphatic carbocycles. The zero-order chi connectivity index (χ0) is 12.5. The van der Waals surface area contributed by atoms with Crippen LogP contribution in [0.25, 0.3) is 0 Å². The maximum absolute atomic E-state index is 4.41. The van der Waals surface area contributed by atoms with Crippen molar-refractivity contribution in [1.29, 1.82) is 0 Å². The molecule has 1 unspecified atom stereocenters. The predicted molar refractivity (Wildman–Crippen MR) is 75.2 cm³/mol. The van der Waals surface area contributed by atoms with Gasteiger partial charge in [0.05, 0.1) is 6.04 Å². The van der Waals surface area contributed by atoms with E-state index in [0.717, 1.165) is 18.7 Å². The summed E-state index contributed by atoms with van der Waals surface area (Å²) in [6.07, 6.45) is 5.09. The molecule has 2 aromatic rings. The third-order valence-electron chi connectivity index (χ3n) is 3.42. The highest BCUT2D eigenvalue weighted by molar-refractivity contribution is 7.12. The number of rotatable bonds is 3. The van der Waals surface area contributed by atoms with E-state index in [-0.39, 0.29) is 0 Å². The van der Waals surface area contributed by atoms with Crippen molar-refractivity contribution in [1.82, 2.24) is 9.97 Å². The van der Waals surface area contributed by atoms with Gasteiger partial charge in [-0.2, -0.15) is 0 Å². The predicted octanol–water partition coefficient (Wildman–Crippen LogP) is 3.51. The van der Waals surface area contributed by atoms with E-state index in [9.17, 15) is 0 Å². The topological polar surface area (TPSA) is 37.8 Å². The van der Waals surface area contributed by atoms with E-state index in [1.807, 2.05) is 11.3 Å². The summed E-state index contributed by atoms with van der Waals surface area (Å²) in [6.45, 7) is 4.33. The first kappa shape index (κ1) is 11.7. The number of aromatic nitrogens is 2. The lowest BCUT2D eigenvalue weighted by Crippen LogP contribution is -2.09. The summed E-state index contributed by atoms with van der Waals surface area (Å²) in [6, 6.07) is 4.67. The summed E-state index contributed by atoms with van der Waals surface area (Å²) in [4.78, 5) is 11.5. The molecule has 1 aliphatic rings. The number of nitrogens with one attached hydrogen (secondary N) is 1. The van der Waals surface area contributed by atoms with Gasteiger partial charge in [-0.15, -0.1) is 11.3 Å². The summed E-state index contributed by atoms with van der Waals surface area (Å²) in [7, 11) is 0. The Morgan fingerprint density at radius 2 is 2.17 bits per heavy atom. The highest BCUT2D eigenvalue weighted by Crippen LogP contribution is 2.29. The van der Waals surface area contributed by atoms with Gasteiger partial charge in [0.1, 0.15) is 12.1 Å². The van der Waals surface area contributed by atoms with E-state index in [1.165, 1.54) is 27.4 Å². The van der Waals surface area contributed by atoms with E-state index < -0.39 is 0 Å². The van der Waals surface area contributed by atoms with Gasteiger partial charge in [-0.1, -0.05) is 0 Å². The molecule has 2 aromatic heterocycles. The van der Waals surface area contributed by atoms with Crippen molar-refractivity contribution in [3.63, 3.8) is 0 Å². The number of hydrogen-bond donors (Lipinski definition) is 1. The average Bonchev–Trinajstić information content (AvgIpc) is 2.97. The number of hydrogen-bond acceptors (Lipinski definition) is 4. The third-order valence-corrected chi connectivity index (χ3v) is 4.60. The highest BCUT2D eigenvalue weighted by Gasteiger charge is 2.18. The first-order chi connectivity index (χ1) is 8.74. The fourth-order valence-corrected chi connectivity index (χ4v) is 3.33. The van der Waals surface area contributed by atoms with E-state index in [1.54, 1.807) is 6.33 Å². The summed E-state index contributed by atoms with van der Waals surface area (Å²) < 4.78 is 0. The number of fused-ring (bicyclic) bond motifs is 1. The maximum atomic E-state index is 4.41. The molecule has 0 radical (unpaired) electrons. The van der Waals surface area contributed by atoms with Crippen LogP contribution in [0.5, 0.6) is 0 Å². The molecule has 3 rings (SSSR count). The zero-order valence-electron chi connectivity index (χ0n) is 10.7. The van der Waals surface area contributed by atoms with Crippen LogP contribution in [0.3, 0.4) is 0 Å². The van der Waals surface area contributed by atoms with Gasteiger partial charge in [0, 0.05) is 21.0 Å². The molecule has 0 spiro atoms. The van der Waals surface area contributed by atoms with Crippen LogP contribution in [0.15, 0.2) is 18.5 Å². The SMILES string of the molecule is Cc1ccc(C(C)Nc2ncnc3c2CCC3)s1. The second-order valence-electron chi connectivity index (χ2n) is 4.82. The molecule has 3 nitrogen and oxygen atoms in total. The lowest BCUT2D eigenvalue weighted by molar-refractivity contribution is 0.880. The Balaban J connectivity index is 1.83. The quantitative estimate of drug-likeness (QED) is 0.916. The first-order valence-electron chi connectivity index (χ1n) is 6.39. The second kappa shape index (κ2) is 4.69. The Bertz CT molecular complexity index is 562. The Kier molecular flexibility index (Phi) is 3.04. The summed E-state index contributed by atoms with van der Waals surface area (Å²) in [5, 5.41) is 3.53. The Morgan fingerprint density at radius 3 is 2.94 bits per heavy atom. The van der Waals surface area contributed by atoms with E-state index in [2.05, 4.69) is 41.3 Å². The largest absolute Gasteiger partial charge is 0.362 e. The van der Waals surface area contributed by atoms with Gasteiger partial charge in [0.2, 0.25) is 0 Å². The molecule has 0 aromatic carbocycles. The van der Waals surface area contributed by atoms with Crippen molar-refractivity contribution in [3.8, 4) is 0 Å². The minimum Gasteiger partial charge on any atom is -0.362 e. The van der Waals surface area contributed by atoms with Crippen LogP contribution in [0, 0.1) is 6.92 Å². The molecular weight excluding hydrogens is 242 g/mol. The van der Waals surface area contributed by atoms with Crippen molar-refractivity contribution < 1.29 is 0 Å². The molecule has 4 heteroatoms. The van der Waals surface area contributed by atoms with Crippen LogP contribution in [0.1, 0.15) is 40.4 Å². The molecule has 94 valence electrons. The number of nitrogens with zero attached hydrogens (tertiary/aromatic N) is 2. The minimum atomic E-state index is 0.309. The Hall–Kier alpha value is -1.42. The van der Waals surface area contributed by atoms with Gasteiger partial charge in [0.15, 0.2) is 0 Å². The van der Waals surface area contributed by atoms with Crippen molar-refractivity contribution >= 4 is 17.2 Å². The molecule has 0 saturated carbocycles. The third kappa shape index (κ3) is 2.12. The molecule has 1 N–H and O–H groups in total. The fraction of sp³-hybridized carbons (Fsp3) is 0.429. The van der Waals surface area contributed by atoms with E-state index >= 15 is 0 Å². The molecule has 0 saturated heterocycles. The lowest BCUT2D eigenvalue weighted by atomic mass is 10.2.